The highest BCUT2D eigenvalue weighted by Crippen LogP contribution is 2.32. The van der Waals surface area contributed by atoms with E-state index in [1.54, 1.807) is 13.2 Å². The number of hydrogen-bond acceptors (Lipinski definition) is 4. The third kappa shape index (κ3) is 2.24. The summed E-state index contributed by atoms with van der Waals surface area (Å²) in [6, 6.07) is 12.5. The van der Waals surface area contributed by atoms with Gasteiger partial charge in [0.2, 0.25) is 0 Å². The maximum absolute atomic E-state index is 13.6. The van der Waals surface area contributed by atoms with E-state index in [4.69, 9.17) is 4.74 Å². The number of halogens is 1. The van der Waals surface area contributed by atoms with Crippen LogP contribution in [0.2, 0.25) is 0 Å². The van der Waals surface area contributed by atoms with Gasteiger partial charge in [0.15, 0.2) is 5.13 Å². The zero-order chi connectivity index (χ0) is 13.2. The molecule has 0 aliphatic rings. The minimum Gasteiger partial charge on any atom is -0.495 e. The lowest BCUT2D eigenvalue weighted by Crippen LogP contribution is -1.93. The van der Waals surface area contributed by atoms with E-state index in [0.717, 1.165) is 16.1 Å². The van der Waals surface area contributed by atoms with E-state index in [0.29, 0.717) is 10.6 Å². The number of methoxy groups -OCH3 is 1. The Bertz CT molecular complexity index is 726. The van der Waals surface area contributed by atoms with Crippen LogP contribution in [0.15, 0.2) is 42.5 Å². The lowest BCUT2D eigenvalue weighted by atomic mass is 10.3. The molecule has 0 atom stereocenters. The molecule has 5 heteroatoms. The summed E-state index contributed by atoms with van der Waals surface area (Å²) in [7, 11) is 1.61. The molecule has 1 N–H and O–H groups in total. The fourth-order valence-corrected chi connectivity index (χ4v) is 2.72. The van der Waals surface area contributed by atoms with Crippen LogP contribution in [0, 0.1) is 5.82 Å². The van der Waals surface area contributed by atoms with E-state index in [1.807, 2.05) is 30.3 Å². The molecule has 3 nitrogen and oxygen atoms in total. The van der Waals surface area contributed by atoms with E-state index < -0.39 is 0 Å². The molecule has 0 saturated heterocycles. The van der Waals surface area contributed by atoms with Crippen molar-refractivity contribution >= 4 is 32.4 Å². The number of aromatic nitrogens is 1. The maximum atomic E-state index is 13.6. The Kier molecular flexibility index (Phi) is 3.05. The number of fused-ring (bicyclic) bond motifs is 1. The Morgan fingerprint density at radius 1 is 1.16 bits per heavy atom. The minimum atomic E-state index is -0.304. The first-order valence-corrected chi connectivity index (χ1v) is 6.54. The number of rotatable bonds is 3. The normalized spacial score (nSPS) is 10.6. The number of para-hydroxylation sites is 3. The van der Waals surface area contributed by atoms with E-state index >= 15 is 0 Å². The Balaban J connectivity index is 1.99. The summed E-state index contributed by atoms with van der Waals surface area (Å²) in [5.74, 6) is 0.420. The van der Waals surface area contributed by atoms with Gasteiger partial charge < -0.3 is 10.1 Å². The maximum Gasteiger partial charge on any atom is 0.188 e. The highest BCUT2D eigenvalue weighted by Gasteiger charge is 2.09. The number of nitrogens with zero attached hydrogens (tertiary/aromatic N) is 1. The van der Waals surface area contributed by atoms with Gasteiger partial charge in [0.25, 0.3) is 0 Å². The van der Waals surface area contributed by atoms with Crippen molar-refractivity contribution in [2.45, 2.75) is 0 Å². The first kappa shape index (κ1) is 11.9. The van der Waals surface area contributed by atoms with Gasteiger partial charge in [0.1, 0.15) is 17.1 Å². The summed E-state index contributed by atoms with van der Waals surface area (Å²) >= 11 is 1.41. The van der Waals surface area contributed by atoms with Gasteiger partial charge in [-0.05, 0) is 24.3 Å². The van der Waals surface area contributed by atoms with Crippen molar-refractivity contribution in [2.75, 3.05) is 12.4 Å². The number of hydrogen-bond donors (Lipinski definition) is 1. The molecule has 0 aliphatic heterocycles. The van der Waals surface area contributed by atoms with Crippen molar-refractivity contribution in [1.29, 1.82) is 0 Å². The van der Waals surface area contributed by atoms with Crippen molar-refractivity contribution in [3.8, 4) is 5.75 Å². The van der Waals surface area contributed by atoms with Crippen molar-refractivity contribution in [3.63, 3.8) is 0 Å². The van der Waals surface area contributed by atoms with Gasteiger partial charge >= 0.3 is 0 Å². The summed E-state index contributed by atoms with van der Waals surface area (Å²) in [5.41, 5.74) is 1.20. The second kappa shape index (κ2) is 4.85. The predicted octanol–water partition coefficient (Wildman–Crippen LogP) is 4.19. The van der Waals surface area contributed by atoms with Crippen molar-refractivity contribution in [2.24, 2.45) is 0 Å². The lowest BCUT2D eigenvalue weighted by Gasteiger charge is -2.07. The third-order valence-corrected chi connectivity index (χ3v) is 3.65. The molecule has 3 rings (SSSR count). The molecule has 1 heterocycles. The third-order valence-electron chi connectivity index (χ3n) is 2.72. The smallest absolute Gasteiger partial charge is 0.188 e. The van der Waals surface area contributed by atoms with Gasteiger partial charge in [0, 0.05) is 0 Å². The second-order valence-corrected chi connectivity index (χ2v) is 4.96. The van der Waals surface area contributed by atoms with Crippen LogP contribution in [-0.2, 0) is 0 Å². The van der Waals surface area contributed by atoms with E-state index in [2.05, 4.69) is 10.3 Å². The number of anilines is 2. The summed E-state index contributed by atoms with van der Waals surface area (Å²) < 4.78 is 19.6. The Morgan fingerprint density at radius 2 is 2.00 bits per heavy atom. The molecule has 1 aromatic heterocycles. The van der Waals surface area contributed by atoms with Crippen LogP contribution in [0.1, 0.15) is 0 Å². The van der Waals surface area contributed by atoms with Crippen molar-refractivity contribution < 1.29 is 9.13 Å². The summed E-state index contributed by atoms with van der Waals surface area (Å²) in [5, 5.41) is 3.80. The van der Waals surface area contributed by atoms with Crippen LogP contribution in [0.4, 0.5) is 15.2 Å². The zero-order valence-electron chi connectivity index (χ0n) is 10.2. The Morgan fingerprint density at radius 3 is 2.79 bits per heavy atom. The van der Waals surface area contributed by atoms with Gasteiger partial charge in [-0.1, -0.05) is 29.5 Å². The molecule has 2 aromatic carbocycles. The topological polar surface area (TPSA) is 34.1 Å². The van der Waals surface area contributed by atoms with E-state index in [9.17, 15) is 4.39 Å². The molecule has 0 saturated carbocycles. The molecular weight excluding hydrogens is 263 g/mol. The number of ether oxygens (including phenoxy) is 1. The van der Waals surface area contributed by atoms with Gasteiger partial charge in [0.05, 0.1) is 17.5 Å². The highest BCUT2D eigenvalue weighted by molar-refractivity contribution is 7.22. The van der Waals surface area contributed by atoms with Crippen molar-refractivity contribution in [1.82, 2.24) is 4.98 Å². The van der Waals surface area contributed by atoms with Gasteiger partial charge in [-0.15, -0.1) is 0 Å². The molecule has 0 fully saturated rings. The minimum absolute atomic E-state index is 0.304. The first-order chi connectivity index (χ1) is 9.28. The first-order valence-electron chi connectivity index (χ1n) is 5.73. The van der Waals surface area contributed by atoms with Crippen LogP contribution in [0.5, 0.6) is 5.75 Å². The summed E-state index contributed by atoms with van der Waals surface area (Å²) in [6.07, 6.45) is 0. The molecule has 0 amide bonds. The van der Waals surface area contributed by atoms with Crippen LogP contribution in [-0.4, -0.2) is 12.1 Å². The molecule has 0 unspecified atom stereocenters. The predicted molar refractivity (Wildman–Crippen MR) is 75.9 cm³/mol. The quantitative estimate of drug-likeness (QED) is 0.777. The van der Waals surface area contributed by atoms with Crippen LogP contribution in [0.25, 0.3) is 10.2 Å². The molecular formula is C14H11FN2OS. The molecule has 19 heavy (non-hydrogen) atoms. The molecule has 0 radical (unpaired) electrons. The fourth-order valence-electron chi connectivity index (χ4n) is 1.83. The summed E-state index contributed by atoms with van der Waals surface area (Å²) in [6.45, 7) is 0. The molecule has 0 aliphatic carbocycles. The van der Waals surface area contributed by atoms with Crippen molar-refractivity contribution in [3.05, 3.63) is 48.3 Å². The molecule has 0 spiro atoms. The lowest BCUT2D eigenvalue weighted by molar-refractivity contribution is 0.417. The number of thiazole rings is 1. The second-order valence-electron chi connectivity index (χ2n) is 3.93. The SMILES string of the molecule is COc1ccccc1Nc1nc2c(F)cccc2s1. The Labute approximate surface area is 113 Å². The number of nitrogens with one attached hydrogen (secondary N) is 1. The van der Waals surface area contributed by atoms with Gasteiger partial charge in [-0.2, -0.15) is 0 Å². The van der Waals surface area contributed by atoms with E-state index in [-0.39, 0.29) is 5.82 Å². The van der Waals surface area contributed by atoms with Gasteiger partial charge in [-0.25, -0.2) is 9.37 Å². The molecule has 3 aromatic rings. The molecule has 96 valence electrons. The van der Waals surface area contributed by atoms with Gasteiger partial charge in [-0.3, -0.25) is 0 Å². The average Bonchev–Trinajstić information content (AvgIpc) is 2.83. The average molecular weight is 274 g/mol. The van der Waals surface area contributed by atoms with Crippen LogP contribution in [0.3, 0.4) is 0 Å². The number of benzene rings is 2. The highest BCUT2D eigenvalue weighted by atomic mass is 32.1. The van der Waals surface area contributed by atoms with Crippen LogP contribution < -0.4 is 10.1 Å². The Hall–Kier alpha value is -2.14. The van der Waals surface area contributed by atoms with E-state index in [1.165, 1.54) is 17.4 Å². The zero-order valence-corrected chi connectivity index (χ0v) is 11.0. The fraction of sp³-hybridized carbons (Fsp3) is 0.0714. The monoisotopic (exact) mass is 274 g/mol. The largest absolute Gasteiger partial charge is 0.495 e. The molecule has 0 bridgehead atoms. The summed E-state index contributed by atoms with van der Waals surface area (Å²) in [4.78, 5) is 4.26. The standard InChI is InChI=1S/C14H11FN2OS/c1-18-11-7-3-2-6-10(11)16-14-17-13-9(15)5-4-8-12(13)19-14/h2-8H,1H3,(H,16,17). The van der Waals surface area contributed by atoms with Crippen LogP contribution >= 0.6 is 11.3 Å².